The van der Waals surface area contributed by atoms with Crippen LogP contribution in [0.2, 0.25) is 0 Å². The first-order valence-electron chi connectivity index (χ1n) is 6.68. The number of thioether (sulfide) groups is 1. The molecule has 0 radical (unpaired) electrons. The van der Waals surface area contributed by atoms with Crippen molar-refractivity contribution in [3.05, 3.63) is 59.7 Å². The van der Waals surface area contributed by atoms with Gasteiger partial charge < -0.3 is 5.73 Å². The van der Waals surface area contributed by atoms with Crippen molar-refractivity contribution in [2.24, 2.45) is 5.84 Å². The summed E-state index contributed by atoms with van der Waals surface area (Å²) in [4.78, 5) is 12.6. The monoisotopic (exact) mass is 301 g/mol. The van der Waals surface area contributed by atoms with Crippen molar-refractivity contribution in [1.29, 1.82) is 0 Å². The number of benzene rings is 2. The molecule has 0 heterocycles. The van der Waals surface area contributed by atoms with Gasteiger partial charge in [-0.25, -0.2) is 5.84 Å². The lowest BCUT2D eigenvalue weighted by molar-refractivity contribution is -0.122. The van der Waals surface area contributed by atoms with Gasteiger partial charge in [0.25, 0.3) is 0 Å². The van der Waals surface area contributed by atoms with E-state index >= 15 is 0 Å². The third-order valence-corrected chi connectivity index (χ3v) is 4.34. The average Bonchev–Trinajstić information content (AvgIpc) is 2.52. The molecule has 0 spiro atoms. The summed E-state index contributed by atoms with van der Waals surface area (Å²) in [5.74, 6) is 5.59. The lowest BCUT2D eigenvalue weighted by atomic mass is 9.99. The number of nitrogen functional groups attached to an aromatic ring is 1. The van der Waals surface area contributed by atoms with Crippen LogP contribution in [0.4, 0.5) is 5.69 Å². The Balaban J connectivity index is 1.98. The molecule has 110 valence electrons. The van der Waals surface area contributed by atoms with Crippen molar-refractivity contribution in [3.8, 4) is 0 Å². The van der Waals surface area contributed by atoms with E-state index in [4.69, 9.17) is 11.6 Å². The molecule has 1 amide bonds. The quantitative estimate of drug-likeness (QED) is 0.261. The van der Waals surface area contributed by atoms with E-state index in [1.54, 1.807) is 11.8 Å². The summed E-state index contributed by atoms with van der Waals surface area (Å²) < 4.78 is 0. The highest BCUT2D eigenvalue weighted by Gasteiger charge is 2.13. The fraction of sp³-hybridized carbons (Fsp3) is 0.188. The third-order valence-electron chi connectivity index (χ3n) is 3.28. The van der Waals surface area contributed by atoms with Crippen LogP contribution < -0.4 is 17.0 Å². The number of nitrogens with one attached hydrogen (secondary N) is 1. The lowest BCUT2D eigenvalue weighted by Gasteiger charge is -2.10. The van der Waals surface area contributed by atoms with Crippen LogP contribution in [0.1, 0.15) is 24.0 Å². The minimum atomic E-state index is -0.245. The summed E-state index contributed by atoms with van der Waals surface area (Å²) in [6.45, 7) is 1.83. The van der Waals surface area contributed by atoms with Gasteiger partial charge in [0.15, 0.2) is 0 Å². The molecule has 2 aromatic rings. The zero-order valence-electron chi connectivity index (χ0n) is 11.9. The van der Waals surface area contributed by atoms with Gasteiger partial charge in [0.1, 0.15) is 0 Å². The lowest BCUT2D eigenvalue weighted by Crippen LogP contribution is -2.33. The van der Waals surface area contributed by atoms with E-state index < -0.39 is 0 Å². The number of anilines is 1. The molecule has 5 N–H and O–H groups in total. The molecule has 0 saturated carbocycles. The Kier molecular flexibility index (Phi) is 5.25. The summed E-state index contributed by atoms with van der Waals surface area (Å²) in [5.41, 5.74) is 10.9. The molecule has 0 bridgehead atoms. The van der Waals surface area contributed by atoms with Gasteiger partial charge in [-0.3, -0.25) is 10.2 Å². The maximum absolute atomic E-state index is 11.5. The van der Waals surface area contributed by atoms with E-state index in [2.05, 4.69) is 5.43 Å². The van der Waals surface area contributed by atoms with Crippen LogP contribution in [0.15, 0.2) is 53.4 Å². The van der Waals surface area contributed by atoms with Crippen LogP contribution in [0.3, 0.4) is 0 Å². The molecule has 21 heavy (non-hydrogen) atoms. The maximum atomic E-state index is 11.5. The van der Waals surface area contributed by atoms with Crippen molar-refractivity contribution in [2.75, 3.05) is 5.73 Å². The van der Waals surface area contributed by atoms with Gasteiger partial charge >= 0.3 is 0 Å². The van der Waals surface area contributed by atoms with E-state index in [1.165, 1.54) is 5.56 Å². The molecule has 2 rings (SSSR count). The van der Waals surface area contributed by atoms with Gasteiger partial charge in [0.05, 0.1) is 5.92 Å². The smallest absolute Gasteiger partial charge is 0.241 e. The van der Waals surface area contributed by atoms with Gasteiger partial charge in [0, 0.05) is 16.3 Å². The van der Waals surface area contributed by atoms with Crippen molar-refractivity contribution >= 4 is 23.4 Å². The van der Waals surface area contributed by atoms with Crippen molar-refractivity contribution in [3.63, 3.8) is 0 Å². The van der Waals surface area contributed by atoms with Crippen LogP contribution >= 0.6 is 11.8 Å². The highest BCUT2D eigenvalue weighted by Crippen LogP contribution is 2.25. The Hall–Kier alpha value is -1.98. The number of carbonyl (C=O) groups is 1. The predicted molar refractivity (Wildman–Crippen MR) is 87.6 cm³/mol. The highest BCUT2D eigenvalue weighted by molar-refractivity contribution is 7.98. The minimum Gasteiger partial charge on any atom is -0.399 e. The molecule has 1 unspecified atom stereocenters. The Morgan fingerprint density at radius 1 is 1.24 bits per heavy atom. The SMILES string of the molecule is CC(C(=O)NN)c1ccc(CSc2cccc(N)c2)cc1. The van der Waals surface area contributed by atoms with E-state index in [-0.39, 0.29) is 11.8 Å². The Bertz CT molecular complexity index is 613. The van der Waals surface area contributed by atoms with Gasteiger partial charge in [-0.15, -0.1) is 11.8 Å². The molecule has 0 aliphatic carbocycles. The molecule has 4 nitrogen and oxygen atoms in total. The van der Waals surface area contributed by atoms with E-state index in [0.717, 1.165) is 21.9 Å². The number of nitrogens with two attached hydrogens (primary N) is 2. The summed E-state index contributed by atoms with van der Waals surface area (Å²) in [7, 11) is 0. The molecule has 0 aliphatic rings. The molecule has 0 aromatic heterocycles. The van der Waals surface area contributed by atoms with Crippen LogP contribution in [0.25, 0.3) is 0 Å². The van der Waals surface area contributed by atoms with E-state index in [0.29, 0.717) is 0 Å². The topological polar surface area (TPSA) is 81.1 Å². The summed E-state index contributed by atoms with van der Waals surface area (Å²) in [6, 6.07) is 15.8. The number of hydrogen-bond acceptors (Lipinski definition) is 4. The Morgan fingerprint density at radius 2 is 1.95 bits per heavy atom. The van der Waals surface area contributed by atoms with Crippen LogP contribution in [-0.4, -0.2) is 5.91 Å². The fourth-order valence-corrected chi connectivity index (χ4v) is 2.87. The first-order valence-corrected chi connectivity index (χ1v) is 7.66. The molecule has 5 heteroatoms. The van der Waals surface area contributed by atoms with Crippen molar-refractivity contribution in [1.82, 2.24) is 5.43 Å². The molecular formula is C16H19N3OS. The second kappa shape index (κ2) is 7.15. The third kappa shape index (κ3) is 4.24. The number of hydrogen-bond donors (Lipinski definition) is 3. The Labute approximate surface area is 128 Å². The van der Waals surface area contributed by atoms with Crippen LogP contribution in [0.5, 0.6) is 0 Å². The number of carbonyl (C=O) groups excluding carboxylic acids is 1. The van der Waals surface area contributed by atoms with Gasteiger partial charge in [-0.1, -0.05) is 30.3 Å². The number of hydrazine groups is 1. The van der Waals surface area contributed by atoms with Crippen LogP contribution in [-0.2, 0) is 10.5 Å². The van der Waals surface area contributed by atoms with Crippen molar-refractivity contribution in [2.45, 2.75) is 23.5 Å². The van der Waals surface area contributed by atoms with Crippen molar-refractivity contribution < 1.29 is 4.79 Å². The molecular weight excluding hydrogens is 282 g/mol. The largest absolute Gasteiger partial charge is 0.399 e. The zero-order valence-corrected chi connectivity index (χ0v) is 12.7. The molecule has 2 aromatic carbocycles. The average molecular weight is 301 g/mol. The van der Waals surface area contributed by atoms with Gasteiger partial charge in [-0.2, -0.15) is 0 Å². The van der Waals surface area contributed by atoms with E-state index in [9.17, 15) is 4.79 Å². The molecule has 0 saturated heterocycles. The summed E-state index contributed by atoms with van der Waals surface area (Å²) in [5, 5.41) is 0. The summed E-state index contributed by atoms with van der Waals surface area (Å²) in [6.07, 6.45) is 0. The standard InChI is InChI=1S/C16H19N3OS/c1-11(16(20)19-18)13-7-5-12(6-8-13)10-21-15-4-2-3-14(17)9-15/h2-9,11H,10,17-18H2,1H3,(H,19,20). The highest BCUT2D eigenvalue weighted by atomic mass is 32.2. The number of rotatable bonds is 5. The normalized spacial score (nSPS) is 11.9. The Morgan fingerprint density at radius 3 is 2.57 bits per heavy atom. The van der Waals surface area contributed by atoms with E-state index in [1.807, 2.05) is 55.5 Å². The van der Waals surface area contributed by atoms with Gasteiger partial charge in [0.2, 0.25) is 5.91 Å². The second-order valence-electron chi connectivity index (χ2n) is 4.83. The number of amides is 1. The summed E-state index contributed by atoms with van der Waals surface area (Å²) >= 11 is 1.73. The van der Waals surface area contributed by atoms with Gasteiger partial charge in [-0.05, 0) is 36.2 Å². The minimum absolute atomic E-state index is 0.183. The van der Waals surface area contributed by atoms with Crippen LogP contribution in [0, 0.1) is 0 Å². The molecule has 0 fully saturated rings. The first kappa shape index (κ1) is 15.4. The second-order valence-corrected chi connectivity index (χ2v) is 5.88. The first-order chi connectivity index (χ1) is 10.1. The predicted octanol–water partition coefficient (Wildman–Crippen LogP) is 2.65. The molecule has 1 atom stereocenters. The zero-order chi connectivity index (χ0) is 15.2. The molecule has 0 aliphatic heterocycles. The fourth-order valence-electron chi connectivity index (χ4n) is 1.95. The maximum Gasteiger partial charge on any atom is 0.241 e.